The molecule has 1 saturated carbocycles. The van der Waals surface area contributed by atoms with E-state index < -0.39 is 0 Å². The minimum absolute atomic E-state index is 0.0798. The van der Waals surface area contributed by atoms with Crippen molar-refractivity contribution < 1.29 is 4.74 Å². The maximum atomic E-state index is 6.71. The van der Waals surface area contributed by atoms with Crippen LogP contribution in [0.1, 0.15) is 50.6 Å². The highest BCUT2D eigenvalue weighted by Crippen LogP contribution is 2.41. The number of fused-ring (bicyclic) bond motifs is 1. The third-order valence-corrected chi connectivity index (χ3v) is 4.75. The molecule has 0 spiro atoms. The number of hydrogen-bond acceptors (Lipinski definition) is 3. The smallest absolute Gasteiger partial charge is 0.0874 e. The first kappa shape index (κ1) is 14.5. The number of pyridine rings is 1. The number of nitrogens with two attached hydrogens (primary N) is 1. The molecule has 112 valence electrons. The minimum atomic E-state index is -0.204. The van der Waals surface area contributed by atoms with E-state index in [-0.39, 0.29) is 11.6 Å². The predicted octanol–water partition coefficient (Wildman–Crippen LogP) is 3.97. The zero-order valence-electron chi connectivity index (χ0n) is 12.7. The molecule has 21 heavy (non-hydrogen) atoms. The summed E-state index contributed by atoms with van der Waals surface area (Å²) in [7, 11) is 0. The standard InChI is InChI=1S/C18H24N2O/c1-2-21-18(10-4-3-5-11-18)17(19)16-8-6-7-14-13-20-12-9-15(14)16/h6-9,12-13,17H,2-5,10-11,19H2,1H3. The summed E-state index contributed by atoms with van der Waals surface area (Å²) in [5, 5.41) is 2.34. The Labute approximate surface area is 126 Å². The Kier molecular flexibility index (Phi) is 4.22. The number of ether oxygens (including phenoxy) is 1. The molecule has 0 aliphatic heterocycles. The fourth-order valence-electron chi connectivity index (χ4n) is 3.69. The molecule has 1 aliphatic rings. The van der Waals surface area contributed by atoms with Gasteiger partial charge in [-0.25, -0.2) is 0 Å². The lowest BCUT2D eigenvalue weighted by atomic mass is 9.76. The Morgan fingerprint density at radius 3 is 2.81 bits per heavy atom. The van der Waals surface area contributed by atoms with E-state index >= 15 is 0 Å². The lowest BCUT2D eigenvalue weighted by Crippen LogP contribution is -2.45. The van der Waals surface area contributed by atoms with Gasteiger partial charge in [-0.1, -0.05) is 37.5 Å². The fourth-order valence-corrected chi connectivity index (χ4v) is 3.69. The molecule has 1 unspecified atom stereocenters. The highest BCUT2D eigenvalue weighted by Gasteiger charge is 2.39. The van der Waals surface area contributed by atoms with Gasteiger partial charge in [0.15, 0.2) is 0 Å². The second kappa shape index (κ2) is 6.12. The van der Waals surface area contributed by atoms with Gasteiger partial charge in [0, 0.05) is 24.4 Å². The van der Waals surface area contributed by atoms with Crippen LogP contribution in [-0.2, 0) is 4.74 Å². The van der Waals surface area contributed by atoms with Gasteiger partial charge in [-0.15, -0.1) is 0 Å². The third kappa shape index (κ3) is 2.68. The molecule has 0 radical (unpaired) electrons. The zero-order chi connectivity index (χ0) is 14.7. The van der Waals surface area contributed by atoms with Crippen molar-refractivity contribution in [3.8, 4) is 0 Å². The van der Waals surface area contributed by atoms with Crippen molar-refractivity contribution in [2.24, 2.45) is 5.73 Å². The van der Waals surface area contributed by atoms with Crippen LogP contribution < -0.4 is 5.73 Å². The van der Waals surface area contributed by atoms with Crippen LogP contribution in [0.2, 0.25) is 0 Å². The molecule has 3 rings (SSSR count). The molecule has 0 bridgehead atoms. The number of rotatable bonds is 4. The van der Waals surface area contributed by atoms with E-state index in [1.807, 2.05) is 12.4 Å². The molecular formula is C18H24N2O. The SMILES string of the molecule is CCOC1(C(N)c2cccc3cnccc23)CCCCC1. The molecule has 1 aromatic heterocycles. The van der Waals surface area contributed by atoms with Crippen molar-refractivity contribution in [3.05, 3.63) is 42.2 Å². The molecule has 0 saturated heterocycles. The van der Waals surface area contributed by atoms with Crippen LogP contribution in [0.4, 0.5) is 0 Å². The van der Waals surface area contributed by atoms with Gasteiger partial charge < -0.3 is 10.5 Å². The van der Waals surface area contributed by atoms with Gasteiger partial charge in [0.1, 0.15) is 0 Å². The summed E-state index contributed by atoms with van der Waals surface area (Å²) in [5.74, 6) is 0. The molecule has 2 aromatic rings. The largest absolute Gasteiger partial charge is 0.373 e. The van der Waals surface area contributed by atoms with Gasteiger partial charge >= 0.3 is 0 Å². The van der Waals surface area contributed by atoms with E-state index in [0.717, 1.165) is 24.8 Å². The number of aromatic nitrogens is 1. The summed E-state index contributed by atoms with van der Waals surface area (Å²) in [5.41, 5.74) is 7.69. The predicted molar refractivity (Wildman–Crippen MR) is 86.1 cm³/mol. The zero-order valence-corrected chi connectivity index (χ0v) is 12.7. The van der Waals surface area contributed by atoms with Crippen molar-refractivity contribution in [2.75, 3.05) is 6.61 Å². The van der Waals surface area contributed by atoms with Crippen LogP contribution >= 0.6 is 0 Å². The molecule has 1 aliphatic carbocycles. The summed E-state index contributed by atoms with van der Waals surface area (Å²) >= 11 is 0. The number of benzene rings is 1. The van der Waals surface area contributed by atoms with Gasteiger partial charge in [-0.3, -0.25) is 4.98 Å². The lowest BCUT2D eigenvalue weighted by Gasteiger charge is -2.42. The summed E-state index contributed by atoms with van der Waals surface area (Å²) in [6.45, 7) is 2.79. The molecule has 0 amide bonds. The average Bonchev–Trinajstić information content (AvgIpc) is 2.55. The van der Waals surface area contributed by atoms with Crippen LogP contribution in [0.5, 0.6) is 0 Å². The second-order valence-corrected chi connectivity index (χ2v) is 5.98. The van der Waals surface area contributed by atoms with Gasteiger partial charge in [0.25, 0.3) is 0 Å². The van der Waals surface area contributed by atoms with Crippen LogP contribution in [0.25, 0.3) is 10.8 Å². The fraction of sp³-hybridized carbons (Fsp3) is 0.500. The van der Waals surface area contributed by atoms with Crippen LogP contribution in [0.3, 0.4) is 0 Å². The molecule has 1 atom stereocenters. The van der Waals surface area contributed by atoms with Crippen LogP contribution in [-0.4, -0.2) is 17.2 Å². The van der Waals surface area contributed by atoms with E-state index in [1.165, 1.54) is 30.2 Å². The topological polar surface area (TPSA) is 48.1 Å². The first-order valence-corrected chi connectivity index (χ1v) is 7.99. The summed E-state index contributed by atoms with van der Waals surface area (Å²) in [6, 6.07) is 8.29. The molecular weight excluding hydrogens is 260 g/mol. The monoisotopic (exact) mass is 284 g/mol. The van der Waals surface area contributed by atoms with E-state index in [2.05, 4.69) is 36.2 Å². The number of nitrogens with zero attached hydrogens (tertiary/aromatic N) is 1. The summed E-state index contributed by atoms with van der Waals surface area (Å²) in [6.07, 6.45) is 9.57. The molecule has 1 aromatic carbocycles. The summed E-state index contributed by atoms with van der Waals surface area (Å²) in [4.78, 5) is 4.21. The quantitative estimate of drug-likeness (QED) is 0.924. The van der Waals surface area contributed by atoms with Crippen molar-refractivity contribution in [1.29, 1.82) is 0 Å². The van der Waals surface area contributed by atoms with Crippen LogP contribution in [0, 0.1) is 0 Å². The highest BCUT2D eigenvalue weighted by atomic mass is 16.5. The molecule has 3 nitrogen and oxygen atoms in total. The maximum Gasteiger partial charge on any atom is 0.0874 e. The van der Waals surface area contributed by atoms with Crippen molar-refractivity contribution in [1.82, 2.24) is 4.98 Å². The average molecular weight is 284 g/mol. The first-order chi connectivity index (χ1) is 10.3. The van der Waals surface area contributed by atoms with E-state index in [9.17, 15) is 0 Å². The number of hydrogen-bond donors (Lipinski definition) is 1. The lowest BCUT2D eigenvalue weighted by molar-refractivity contribution is -0.0828. The highest BCUT2D eigenvalue weighted by molar-refractivity contribution is 5.85. The van der Waals surface area contributed by atoms with E-state index in [0.29, 0.717) is 0 Å². The third-order valence-electron chi connectivity index (χ3n) is 4.75. The van der Waals surface area contributed by atoms with Gasteiger partial charge in [0.2, 0.25) is 0 Å². The Hall–Kier alpha value is -1.45. The van der Waals surface area contributed by atoms with Crippen LogP contribution in [0.15, 0.2) is 36.7 Å². The van der Waals surface area contributed by atoms with Gasteiger partial charge in [-0.05, 0) is 36.8 Å². The first-order valence-electron chi connectivity index (χ1n) is 7.99. The van der Waals surface area contributed by atoms with E-state index in [1.54, 1.807) is 0 Å². The molecule has 2 N–H and O–H groups in total. The van der Waals surface area contributed by atoms with Crippen molar-refractivity contribution in [3.63, 3.8) is 0 Å². The normalized spacial score (nSPS) is 19.5. The van der Waals surface area contributed by atoms with Crippen molar-refractivity contribution >= 4 is 10.8 Å². The molecule has 1 heterocycles. The Morgan fingerprint density at radius 2 is 2.05 bits per heavy atom. The Morgan fingerprint density at radius 1 is 1.24 bits per heavy atom. The van der Waals surface area contributed by atoms with E-state index in [4.69, 9.17) is 10.5 Å². The van der Waals surface area contributed by atoms with Gasteiger partial charge in [-0.2, -0.15) is 0 Å². The Bertz CT molecular complexity index is 594. The Balaban J connectivity index is 2.03. The summed E-state index contributed by atoms with van der Waals surface area (Å²) < 4.78 is 6.19. The van der Waals surface area contributed by atoms with Crippen molar-refractivity contribution in [2.45, 2.75) is 50.7 Å². The minimum Gasteiger partial charge on any atom is -0.373 e. The maximum absolute atomic E-state index is 6.71. The van der Waals surface area contributed by atoms with Gasteiger partial charge in [0.05, 0.1) is 11.6 Å². The molecule has 3 heteroatoms. The molecule has 1 fully saturated rings. The second-order valence-electron chi connectivity index (χ2n) is 5.98.